The van der Waals surface area contributed by atoms with Crippen molar-refractivity contribution in [1.82, 2.24) is 19.5 Å². The summed E-state index contributed by atoms with van der Waals surface area (Å²) >= 11 is 18.7. The molecular formula is C19H19Cl3N4O. The highest BCUT2D eigenvalue weighted by Gasteiger charge is 2.19. The summed E-state index contributed by atoms with van der Waals surface area (Å²) in [5.74, 6) is 0. The molecule has 4 rings (SSSR count). The van der Waals surface area contributed by atoms with E-state index in [9.17, 15) is 0 Å². The second-order valence-corrected chi connectivity index (χ2v) is 7.90. The van der Waals surface area contributed by atoms with E-state index in [1.807, 2.05) is 29.6 Å². The Morgan fingerprint density at radius 2 is 1.85 bits per heavy atom. The second-order valence-electron chi connectivity index (χ2n) is 6.67. The molecule has 1 fully saturated rings. The minimum absolute atomic E-state index is 0.451. The second kappa shape index (κ2) is 7.94. The minimum Gasteiger partial charge on any atom is -0.379 e. The highest BCUT2D eigenvalue weighted by molar-refractivity contribution is 6.35. The number of imidazole rings is 1. The molecule has 0 atom stereocenters. The monoisotopic (exact) mass is 424 g/mol. The Balaban J connectivity index is 1.72. The molecule has 3 heterocycles. The summed E-state index contributed by atoms with van der Waals surface area (Å²) in [6.07, 6.45) is 0.605. The fourth-order valence-electron chi connectivity index (χ4n) is 3.36. The highest BCUT2D eigenvalue weighted by Crippen LogP contribution is 2.26. The summed E-state index contributed by atoms with van der Waals surface area (Å²) in [6, 6.07) is 7.42. The van der Waals surface area contributed by atoms with E-state index in [-0.39, 0.29) is 0 Å². The van der Waals surface area contributed by atoms with Gasteiger partial charge in [-0.15, -0.1) is 0 Å². The van der Waals surface area contributed by atoms with Crippen molar-refractivity contribution >= 4 is 40.4 Å². The van der Waals surface area contributed by atoms with Crippen molar-refractivity contribution in [3.05, 3.63) is 62.0 Å². The van der Waals surface area contributed by atoms with Crippen LogP contribution in [0.3, 0.4) is 0 Å². The van der Waals surface area contributed by atoms with Gasteiger partial charge in [0.05, 0.1) is 24.6 Å². The maximum Gasteiger partial charge on any atom is 0.158 e. The summed E-state index contributed by atoms with van der Waals surface area (Å²) in [5.41, 5.74) is 4.76. The summed E-state index contributed by atoms with van der Waals surface area (Å²) < 4.78 is 7.28. The van der Waals surface area contributed by atoms with E-state index in [4.69, 9.17) is 44.5 Å². The van der Waals surface area contributed by atoms with Gasteiger partial charge >= 0.3 is 0 Å². The smallest absolute Gasteiger partial charge is 0.158 e. The summed E-state index contributed by atoms with van der Waals surface area (Å²) in [6.45, 7) is 6.07. The van der Waals surface area contributed by atoms with E-state index in [2.05, 4.69) is 10.00 Å². The molecule has 0 spiro atoms. The normalized spacial score (nSPS) is 15.6. The van der Waals surface area contributed by atoms with Crippen LogP contribution in [-0.2, 0) is 17.7 Å². The number of aryl methyl sites for hydroxylation is 1. The molecule has 0 amide bonds. The van der Waals surface area contributed by atoms with Gasteiger partial charge in [-0.2, -0.15) is 5.10 Å². The van der Waals surface area contributed by atoms with E-state index in [1.54, 1.807) is 6.07 Å². The lowest BCUT2D eigenvalue weighted by Gasteiger charge is -2.26. The number of ether oxygens (including phenoxy) is 1. The zero-order valence-electron chi connectivity index (χ0n) is 14.9. The fraction of sp³-hybridized carbons (Fsp3) is 0.368. The maximum atomic E-state index is 6.36. The molecule has 5 nitrogen and oxygen atoms in total. The van der Waals surface area contributed by atoms with Crippen LogP contribution in [0, 0.1) is 6.92 Å². The maximum absolute atomic E-state index is 6.36. The van der Waals surface area contributed by atoms with Crippen molar-refractivity contribution in [3.63, 3.8) is 0 Å². The van der Waals surface area contributed by atoms with Crippen LogP contribution in [0.1, 0.15) is 22.5 Å². The van der Waals surface area contributed by atoms with Crippen LogP contribution >= 0.6 is 34.8 Å². The lowest BCUT2D eigenvalue weighted by Crippen LogP contribution is -2.35. The van der Waals surface area contributed by atoms with Gasteiger partial charge in [0.2, 0.25) is 0 Å². The van der Waals surface area contributed by atoms with Gasteiger partial charge in [0, 0.05) is 41.7 Å². The van der Waals surface area contributed by atoms with Crippen molar-refractivity contribution in [3.8, 4) is 0 Å². The predicted molar refractivity (Wildman–Crippen MR) is 108 cm³/mol. The van der Waals surface area contributed by atoms with Crippen LogP contribution < -0.4 is 0 Å². The zero-order chi connectivity index (χ0) is 19.0. The van der Waals surface area contributed by atoms with E-state index in [0.717, 1.165) is 61.0 Å². The number of nitrogens with zero attached hydrogens (tertiary/aromatic N) is 4. The first kappa shape index (κ1) is 19.0. The number of fused-ring (bicyclic) bond motifs is 1. The number of hydrogen-bond acceptors (Lipinski definition) is 4. The first-order chi connectivity index (χ1) is 13.0. The molecule has 0 aliphatic carbocycles. The number of aromatic nitrogens is 3. The predicted octanol–water partition coefficient (Wildman–Crippen LogP) is 4.42. The molecule has 0 saturated carbocycles. The van der Waals surface area contributed by atoms with Gasteiger partial charge in [-0.05, 0) is 30.7 Å². The molecule has 1 aliphatic heterocycles. The van der Waals surface area contributed by atoms with Crippen LogP contribution in [0.5, 0.6) is 0 Å². The molecule has 27 heavy (non-hydrogen) atoms. The average Bonchev–Trinajstić information content (AvgIpc) is 2.94. The topological polar surface area (TPSA) is 42.7 Å². The molecule has 0 bridgehead atoms. The van der Waals surface area contributed by atoms with Crippen LogP contribution in [0.4, 0.5) is 0 Å². The summed E-state index contributed by atoms with van der Waals surface area (Å²) in [5, 5.41) is 6.20. The van der Waals surface area contributed by atoms with Crippen molar-refractivity contribution in [2.24, 2.45) is 0 Å². The number of morpholine rings is 1. The third-order valence-corrected chi connectivity index (χ3v) is 5.57. The molecule has 1 aromatic carbocycles. The lowest BCUT2D eigenvalue weighted by molar-refractivity contribution is 0.0343. The largest absolute Gasteiger partial charge is 0.379 e. The van der Waals surface area contributed by atoms with Crippen LogP contribution in [0.2, 0.25) is 15.2 Å². The Kier molecular flexibility index (Phi) is 5.58. The van der Waals surface area contributed by atoms with Crippen LogP contribution in [0.15, 0.2) is 24.3 Å². The third kappa shape index (κ3) is 4.08. The first-order valence-corrected chi connectivity index (χ1v) is 9.92. The van der Waals surface area contributed by atoms with Gasteiger partial charge in [0.25, 0.3) is 0 Å². The van der Waals surface area contributed by atoms with Gasteiger partial charge in [0.15, 0.2) is 10.8 Å². The van der Waals surface area contributed by atoms with Crippen molar-refractivity contribution in [2.45, 2.75) is 19.9 Å². The molecule has 0 unspecified atom stereocenters. The molecule has 1 saturated heterocycles. The van der Waals surface area contributed by atoms with E-state index < -0.39 is 0 Å². The number of halogens is 3. The van der Waals surface area contributed by atoms with Gasteiger partial charge < -0.3 is 4.74 Å². The average molecular weight is 426 g/mol. The van der Waals surface area contributed by atoms with Gasteiger partial charge in [-0.25, -0.2) is 9.50 Å². The van der Waals surface area contributed by atoms with Gasteiger partial charge in [-0.3, -0.25) is 4.90 Å². The molecule has 3 aromatic rings. The van der Waals surface area contributed by atoms with E-state index >= 15 is 0 Å². The van der Waals surface area contributed by atoms with E-state index in [1.165, 1.54) is 0 Å². The SMILES string of the molecule is Cc1nc2c(CN3CCOCC3)cc(Cl)nn2c1Cc1ccc(Cl)cc1Cl. The number of rotatable bonds is 4. The molecule has 142 valence electrons. The van der Waals surface area contributed by atoms with Crippen LogP contribution in [-0.4, -0.2) is 45.8 Å². The molecular weight excluding hydrogens is 407 g/mol. The Hall–Kier alpha value is -1.37. The van der Waals surface area contributed by atoms with Crippen LogP contribution in [0.25, 0.3) is 5.65 Å². The highest BCUT2D eigenvalue weighted by atomic mass is 35.5. The number of hydrogen-bond donors (Lipinski definition) is 0. The Morgan fingerprint density at radius 3 is 2.59 bits per heavy atom. The fourth-order valence-corrected chi connectivity index (χ4v) is 4.05. The molecule has 2 aromatic heterocycles. The Bertz CT molecular complexity index is 983. The zero-order valence-corrected chi connectivity index (χ0v) is 17.2. The Labute approximate surface area is 172 Å². The Morgan fingerprint density at radius 1 is 1.07 bits per heavy atom. The summed E-state index contributed by atoms with van der Waals surface area (Å²) in [7, 11) is 0. The molecule has 0 N–H and O–H groups in total. The van der Waals surface area contributed by atoms with Crippen molar-refractivity contribution < 1.29 is 4.74 Å². The third-order valence-electron chi connectivity index (χ3n) is 4.79. The first-order valence-electron chi connectivity index (χ1n) is 8.79. The van der Waals surface area contributed by atoms with Gasteiger partial charge in [0.1, 0.15) is 0 Å². The lowest BCUT2D eigenvalue weighted by atomic mass is 10.1. The van der Waals surface area contributed by atoms with E-state index in [0.29, 0.717) is 21.6 Å². The number of benzene rings is 1. The van der Waals surface area contributed by atoms with Crippen molar-refractivity contribution in [2.75, 3.05) is 26.3 Å². The van der Waals surface area contributed by atoms with Gasteiger partial charge in [-0.1, -0.05) is 40.9 Å². The standard InChI is InChI=1S/C19H19Cl3N4O/c1-12-17(8-13-2-3-15(20)10-16(13)21)26-19(23-12)14(9-18(22)24-26)11-25-4-6-27-7-5-25/h2-3,9-10H,4-8,11H2,1H3. The summed E-state index contributed by atoms with van der Waals surface area (Å²) in [4.78, 5) is 7.12. The van der Waals surface area contributed by atoms with Crippen molar-refractivity contribution in [1.29, 1.82) is 0 Å². The minimum atomic E-state index is 0.451. The molecule has 1 aliphatic rings. The quantitative estimate of drug-likeness (QED) is 0.620. The molecule has 8 heteroatoms. The molecule has 0 radical (unpaired) electrons.